The van der Waals surface area contributed by atoms with Crippen LogP contribution in [0.4, 0.5) is 4.39 Å². The molecule has 0 fully saturated rings. The van der Waals surface area contributed by atoms with Crippen LogP contribution >= 0.6 is 15.9 Å². The van der Waals surface area contributed by atoms with Gasteiger partial charge in [0.1, 0.15) is 11.6 Å². The Balaban J connectivity index is 1.86. The monoisotopic (exact) mass is 335 g/mol. The molecule has 0 amide bonds. The molecule has 0 radical (unpaired) electrons. The summed E-state index contributed by atoms with van der Waals surface area (Å²) in [7, 11) is 0. The van der Waals surface area contributed by atoms with Gasteiger partial charge in [-0.15, -0.1) is 0 Å². The number of hydrogen-bond donors (Lipinski definition) is 1. The Hall–Kier alpha value is -1.39. The van der Waals surface area contributed by atoms with Gasteiger partial charge in [-0.25, -0.2) is 4.39 Å². The second-order valence-corrected chi connectivity index (χ2v) is 5.91. The summed E-state index contributed by atoms with van der Waals surface area (Å²) in [5.74, 6) is 0.707. The summed E-state index contributed by atoms with van der Waals surface area (Å²) in [4.78, 5) is 0. The third kappa shape index (κ3) is 2.45. The number of hydrogen-bond acceptors (Lipinski definition) is 2. The molecular weight excluding hydrogens is 321 g/mol. The van der Waals surface area contributed by atoms with Gasteiger partial charge in [-0.2, -0.15) is 0 Å². The minimum absolute atomic E-state index is 0.0775. The van der Waals surface area contributed by atoms with Crippen molar-refractivity contribution in [1.82, 2.24) is 0 Å². The molecule has 4 heteroatoms. The smallest absolute Gasteiger partial charge is 0.142 e. The van der Waals surface area contributed by atoms with Gasteiger partial charge in [-0.3, -0.25) is 0 Å². The lowest BCUT2D eigenvalue weighted by Gasteiger charge is -2.30. The molecule has 0 saturated carbocycles. The maximum absolute atomic E-state index is 14.1. The highest BCUT2D eigenvalue weighted by atomic mass is 79.9. The van der Waals surface area contributed by atoms with Crippen LogP contribution in [0.1, 0.15) is 17.2 Å². The van der Waals surface area contributed by atoms with Gasteiger partial charge >= 0.3 is 0 Å². The van der Waals surface area contributed by atoms with Crippen molar-refractivity contribution >= 4 is 15.9 Å². The zero-order chi connectivity index (χ0) is 14.1. The first kappa shape index (κ1) is 13.6. The predicted molar refractivity (Wildman–Crippen MR) is 80.2 cm³/mol. The van der Waals surface area contributed by atoms with Crippen LogP contribution in [0, 0.1) is 11.7 Å². The van der Waals surface area contributed by atoms with Crippen molar-refractivity contribution in [2.75, 3.05) is 6.61 Å². The fourth-order valence-corrected chi connectivity index (χ4v) is 3.00. The van der Waals surface area contributed by atoms with Crippen LogP contribution in [0.2, 0.25) is 0 Å². The Morgan fingerprint density at radius 1 is 1.20 bits per heavy atom. The van der Waals surface area contributed by atoms with Crippen molar-refractivity contribution < 1.29 is 9.13 Å². The summed E-state index contributed by atoms with van der Waals surface area (Å²) in [6, 6.07) is 12.8. The van der Waals surface area contributed by atoms with E-state index in [2.05, 4.69) is 15.9 Å². The van der Waals surface area contributed by atoms with Gasteiger partial charge in [0, 0.05) is 17.5 Å². The third-order valence-electron chi connectivity index (χ3n) is 3.76. The molecule has 2 atom stereocenters. The van der Waals surface area contributed by atoms with Crippen LogP contribution in [0.25, 0.3) is 0 Å². The molecule has 3 rings (SSSR count). The molecule has 2 aromatic rings. The van der Waals surface area contributed by atoms with Gasteiger partial charge in [0.2, 0.25) is 0 Å². The maximum Gasteiger partial charge on any atom is 0.142 e. The van der Waals surface area contributed by atoms with Crippen molar-refractivity contribution in [2.24, 2.45) is 11.7 Å². The number of halogens is 2. The molecule has 2 nitrogen and oxygen atoms in total. The largest absolute Gasteiger partial charge is 0.493 e. The van der Waals surface area contributed by atoms with Crippen LogP contribution < -0.4 is 10.5 Å². The molecule has 1 heterocycles. The molecule has 2 unspecified atom stereocenters. The number of rotatable bonds is 2. The van der Waals surface area contributed by atoms with E-state index in [1.807, 2.05) is 24.3 Å². The molecule has 1 aliphatic heterocycles. The normalized spacial score (nSPS) is 19.1. The second-order valence-electron chi connectivity index (χ2n) is 5.05. The molecule has 0 aliphatic carbocycles. The topological polar surface area (TPSA) is 35.2 Å². The Kier molecular flexibility index (Phi) is 3.76. The molecule has 2 N–H and O–H groups in total. The van der Waals surface area contributed by atoms with Crippen LogP contribution in [-0.2, 0) is 6.42 Å². The van der Waals surface area contributed by atoms with Crippen LogP contribution in [0.5, 0.6) is 5.75 Å². The molecule has 20 heavy (non-hydrogen) atoms. The van der Waals surface area contributed by atoms with E-state index in [9.17, 15) is 4.39 Å². The summed E-state index contributed by atoms with van der Waals surface area (Å²) >= 11 is 3.20. The number of nitrogens with two attached hydrogens (primary N) is 1. The van der Waals surface area contributed by atoms with Gasteiger partial charge in [0.05, 0.1) is 11.1 Å². The average Bonchev–Trinajstić information content (AvgIpc) is 2.49. The summed E-state index contributed by atoms with van der Waals surface area (Å²) < 4.78 is 20.3. The Labute approximate surface area is 125 Å². The van der Waals surface area contributed by atoms with E-state index in [1.54, 1.807) is 18.2 Å². The fourth-order valence-electron chi connectivity index (χ4n) is 2.61. The van der Waals surface area contributed by atoms with Gasteiger partial charge in [0.25, 0.3) is 0 Å². The van der Waals surface area contributed by atoms with Crippen molar-refractivity contribution in [3.8, 4) is 5.75 Å². The number of benzene rings is 2. The Bertz CT molecular complexity index is 632. The van der Waals surface area contributed by atoms with Crippen LogP contribution in [-0.4, -0.2) is 6.61 Å². The standard InChI is InChI=1S/C16H15BrFNO/c17-13-6-3-5-12(15(13)18)16(19)11-8-10-4-1-2-7-14(10)20-9-11/h1-7,11,16H,8-9,19H2. The first-order valence-electron chi connectivity index (χ1n) is 6.57. The Morgan fingerprint density at radius 2 is 2.00 bits per heavy atom. The molecule has 1 aliphatic rings. The lowest BCUT2D eigenvalue weighted by Crippen LogP contribution is -2.32. The first-order chi connectivity index (χ1) is 9.66. The van der Waals surface area contributed by atoms with Crippen LogP contribution in [0.15, 0.2) is 46.9 Å². The van der Waals surface area contributed by atoms with E-state index < -0.39 is 0 Å². The summed E-state index contributed by atoms with van der Waals surface area (Å²) in [6.45, 7) is 0.518. The fraction of sp³-hybridized carbons (Fsp3) is 0.250. The summed E-state index contributed by atoms with van der Waals surface area (Å²) in [6.07, 6.45) is 0.809. The molecule has 0 saturated heterocycles. The SMILES string of the molecule is NC(c1cccc(Br)c1F)C1COc2ccccc2C1. The van der Waals surface area contributed by atoms with Gasteiger partial charge < -0.3 is 10.5 Å². The first-order valence-corrected chi connectivity index (χ1v) is 7.36. The molecule has 104 valence electrons. The van der Waals surface area contributed by atoms with Gasteiger partial charge in [-0.1, -0.05) is 30.3 Å². The Morgan fingerprint density at radius 3 is 2.85 bits per heavy atom. The van der Waals surface area contributed by atoms with E-state index in [0.29, 0.717) is 16.6 Å². The van der Waals surface area contributed by atoms with Crippen molar-refractivity contribution in [3.05, 3.63) is 63.9 Å². The highest BCUT2D eigenvalue weighted by Crippen LogP contribution is 2.34. The number of para-hydroxylation sites is 1. The van der Waals surface area contributed by atoms with Crippen molar-refractivity contribution in [1.29, 1.82) is 0 Å². The molecule has 2 aromatic carbocycles. The van der Waals surface area contributed by atoms with Gasteiger partial charge in [-0.05, 0) is 40.0 Å². The zero-order valence-corrected chi connectivity index (χ0v) is 12.4. The van der Waals surface area contributed by atoms with E-state index in [0.717, 1.165) is 17.7 Å². The lowest BCUT2D eigenvalue weighted by molar-refractivity contribution is 0.198. The molecule has 0 spiro atoms. The maximum atomic E-state index is 14.1. The van der Waals surface area contributed by atoms with Crippen LogP contribution in [0.3, 0.4) is 0 Å². The van der Waals surface area contributed by atoms with Crippen molar-refractivity contribution in [2.45, 2.75) is 12.5 Å². The molecular formula is C16H15BrFNO. The molecule has 0 aromatic heterocycles. The average molecular weight is 336 g/mol. The number of ether oxygens (including phenoxy) is 1. The minimum Gasteiger partial charge on any atom is -0.493 e. The van der Waals surface area contributed by atoms with E-state index >= 15 is 0 Å². The summed E-state index contributed by atoms with van der Waals surface area (Å²) in [5, 5.41) is 0. The summed E-state index contributed by atoms with van der Waals surface area (Å²) in [5.41, 5.74) is 7.92. The highest BCUT2D eigenvalue weighted by molar-refractivity contribution is 9.10. The van der Waals surface area contributed by atoms with E-state index in [4.69, 9.17) is 10.5 Å². The van der Waals surface area contributed by atoms with Crippen molar-refractivity contribution in [3.63, 3.8) is 0 Å². The second kappa shape index (κ2) is 5.54. The zero-order valence-electron chi connectivity index (χ0n) is 10.9. The highest BCUT2D eigenvalue weighted by Gasteiger charge is 2.28. The minimum atomic E-state index is -0.374. The molecule has 0 bridgehead atoms. The third-order valence-corrected chi connectivity index (χ3v) is 4.37. The lowest BCUT2D eigenvalue weighted by atomic mass is 9.87. The predicted octanol–water partition coefficient (Wildman–Crippen LogP) is 3.84. The quantitative estimate of drug-likeness (QED) is 0.904. The van der Waals surface area contributed by atoms with Gasteiger partial charge in [0.15, 0.2) is 0 Å². The number of fused-ring (bicyclic) bond motifs is 1. The van der Waals surface area contributed by atoms with E-state index in [1.165, 1.54) is 0 Å². The van der Waals surface area contributed by atoms with E-state index in [-0.39, 0.29) is 17.8 Å².